The van der Waals surface area contributed by atoms with Gasteiger partial charge >= 0.3 is 0 Å². The van der Waals surface area contributed by atoms with E-state index in [1.54, 1.807) is 7.11 Å². The zero-order valence-corrected chi connectivity index (χ0v) is 11.5. The van der Waals surface area contributed by atoms with Crippen molar-refractivity contribution in [2.75, 3.05) is 25.9 Å². The Morgan fingerprint density at radius 3 is 2.72 bits per heavy atom. The van der Waals surface area contributed by atoms with Crippen LogP contribution < -0.4 is 10.5 Å². The predicted octanol–water partition coefficient (Wildman–Crippen LogP) is 2.90. The van der Waals surface area contributed by atoms with Crippen LogP contribution in [0.2, 0.25) is 0 Å². The van der Waals surface area contributed by atoms with Gasteiger partial charge in [-0.1, -0.05) is 13.3 Å². The molecule has 1 aliphatic carbocycles. The van der Waals surface area contributed by atoms with E-state index in [4.69, 9.17) is 10.5 Å². The quantitative estimate of drug-likeness (QED) is 0.787. The van der Waals surface area contributed by atoms with E-state index in [0.29, 0.717) is 0 Å². The molecule has 0 atom stereocenters. The number of nitrogens with zero attached hydrogens (tertiary/aromatic N) is 1. The second kappa shape index (κ2) is 6.10. The maximum atomic E-state index is 5.86. The van der Waals surface area contributed by atoms with E-state index in [-0.39, 0.29) is 0 Å². The third-order valence-electron chi connectivity index (χ3n) is 3.89. The van der Waals surface area contributed by atoms with Crippen LogP contribution in [0.3, 0.4) is 0 Å². The molecule has 1 aromatic rings. The summed E-state index contributed by atoms with van der Waals surface area (Å²) in [6.07, 6.45) is 4.19. The van der Waals surface area contributed by atoms with E-state index >= 15 is 0 Å². The minimum absolute atomic E-state index is 0.811. The molecule has 1 aromatic carbocycles. The van der Waals surface area contributed by atoms with Gasteiger partial charge in [-0.15, -0.1) is 0 Å². The number of hydrogen-bond acceptors (Lipinski definition) is 3. The highest BCUT2D eigenvalue weighted by molar-refractivity contribution is 5.47. The van der Waals surface area contributed by atoms with Crippen molar-refractivity contribution in [2.45, 2.75) is 32.7 Å². The van der Waals surface area contributed by atoms with Crippen LogP contribution in [-0.4, -0.2) is 25.1 Å². The molecule has 0 saturated heterocycles. The molecular formula is C15H24N2O. The van der Waals surface area contributed by atoms with Gasteiger partial charge in [-0.2, -0.15) is 0 Å². The SMILES string of the molecule is CCN(Cc1cc(N)ccc1OC)CC1CCC1. The Balaban J connectivity index is 2.02. The largest absolute Gasteiger partial charge is 0.496 e. The first-order valence-electron chi connectivity index (χ1n) is 6.87. The summed E-state index contributed by atoms with van der Waals surface area (Å²) in [5.41, 5.74) is 7.87. The number of hydrogen-bond donors (Lipinski definition) is 1. The Hall–Kier alpha value is -1.22. The normalized spacial score (nSPS) is 15.7. The molecule has 18 heavy (non-hydrogen) atoms. The van der Waals surface area contributed by atoms with E-state index in [1.807, 2.05) is 18.2 Å². The lowest BCUT2D eigenvalue weighted by Gasteiger charge is -2.32. The number of anilines is 1. The molecule has 1 saturated carbocycles. The van der Waals surface area contributed by atoms with Crippen molar-refractivity contribution in [3.8, 4) is 5.75 Å². The van der Waals surface area contributed by atoms with Crippen molar-refractivity contribution in [3.63, 3.8) is 0 Å². The van der Waals surface area contributed by atoms with E-state index in [9.17, 15) is 0 Å². The molecular weight excluding hydrogens is 224 g/mol. The van der Waals surface area contributed by atoms with Gasteiger partial charge in [-0.3, -0.25) is 4.90 Å². The molecule has 0 aliphatic heterocycles. The zero-order valence-electron chi connectivity index (χ0n) is 11.5. The molecule has 2 rings (SSSR count). The maximum absolute atomic E-state index is 5.86. The van der Waals surface area contributed by atoms with E-state index in [1.165, 1.54) is 31.4 Å². The summed E-state index contributed by atoms with van der Waals surface area (Å²) >= 11 is 0. The summed E-state index contributed by atoms with van der Waals surface area (Å²) in [5, 5.41) is 0. The van der Waals surface area contributed by atoms with Crippen molar-refractivity contribution in [1.82, 2.24) is 4.90 Å². The van der Waals surface area contributed by atoms with Crippen LogP contribution in [0.4, 0.5) is 5.69 Å². The van der Waals surface area contributed by atoms with Crippen LogP contribution >= 0.6 is 0 Å². The second-order valence-corrected chi connectivity index (χ2v) is 5.20. The Labute approximate surface area is 110 Å². The summed E-state index contributed by atoms with van der Waals surface area (Å²) in [4.78, 5) is 2.49. The van der Waals surface area contributed by atoms with Gasteiger partial charge in [0.2, 0.25) is 0 Å². The topological polar surface area (TPSA) is 38.5 Å². The molecule has 0 radical (unpaired) electrons. The Morgan fingerprint density at radius 2 is 2.17 bits per heavy atom. The van der Waals surface area contributed by atoms with Gasteiger partial charge in [0.15, 0.2) is 0 Å². The first kappa shape index (κ1) is 13.2. The first-order valence-corrected chi connectivity index (χ1v) is 6.87. The van der Waals surface area contributed by atoms with Gasteiger partial charge in [-0.05, 0) is 43.5 Å². The number of ether oxygens (including phenoxy) is 1. The van der Waals surface area contributed by atoms with Crippen LogP contribution in [0, 0.1) is 5.92 Å². The minimum atomic E-state index is 0.811. The Morgan fingerprint density at radius 1 is 1.39 bits per heavy atom. The lowest BCUT2D eigenvalue weighted by atomic mass is 9.85. The highest BCUT2D eigenvalue weighted by atomic mass is 16.5. The van der Waals surface area contributed by atoms with Gasteiger partial charge in [-0.25, -0.2) is 0 Å². The fraction of sp³-hybridized carbons (Fsp3) is 0.600. The van der Waals surface area contributed by atoms with E-state index in [0.717, 1.165) is 30.4 Å². The molecule has 0 spiro atoms. The molecule has 0 bridgehead atoms. The van der Waals surface area contributed by atoms with Gasteiger partial charge in [0.1, 0.15) is 5.75 Å². The molecule has 100 valence electrons. The average molecular weight is 248 g/mol. The number of methoxy groups -OCH3 is 1. The predicted molar refractivity (Wildman–Crippen MR) is 75.7 cm³/mol. The van der Waals surface area contributed by atoms with Crippen LogP contribution in [0.5, 0.6) is 5.75 Å². The molecule has 0 unspecified atom stereocenters. The van der Waals surface area contributed by atoms with Crippen LogP contribution in [0.1, 0.15) is 31.7 Å². The smallest absolute Gasteiger partial charge is 0.123 e. The van der Waals surface area contributed by atoms with Crippen molar-refractivity contribution in [1.29, 1.82) is 0 Å². The van der Waals surface area contributed by atoms with Crippen molar-refractivity contribution in [2.24, 2.45) is 5.92 Å². The molecule has 3 heteroatoms. The zero-order chi connectivity index (χ0) is 13.0. The van der Waals surface area contributed by atoms with Gasteiger partial charge in [0.25, 0.3) is 0 Å². The summed E-state index contributed by atoms with van der Waals surface area (Å²) in [6.45, 7) is 5.43. The average Bonchev–Trinajstić information content (AvgIpc) is 2.32. The highest BCUT2D eigenvalue weighted by Crippen LogP contribution is 2.28. The maximum Gasteiger partial charge on any atom is 0.123 e. The second-order valence-electron chi connectivity index (χ2n) is 5.20. The number of nitrogen functional groups attached to an aromatic ring is 1. The lowest BCUT2D eigenvalue weighted by Crippen LogP contribution is -2.32. The third-order valence-corrected chi connectivity index (χ3v) is 3.89. The number of nitrogens with two attached hydrogens (primary N) is 1. The number of rotatable bonds is 6. The highest BCUT2D eigenvalue weighted by Gasteiger charge is 2.20. The standard InChI is InChI=1S/C15H24N2O/c1-3-17(10-12-5-4-6-12)11-13-9-14(16)7-8-15(13)18-2/h7-9,12H,3-6,10-11,16H2,1-2H3. The van der Waals surface area contributed by atoms with Gasteiger partial charge in [0.05, 0.1) is 7.11 Å². The summed E-state index contributed by atoms with van der Waals surface area (Å²) in [6, 6.07) is 5.88. The third kappa shape index (κ3) is 3.16. The first-order chi connectivity index (χ1) is 8.72. The fourth-order valence-electron chi connectivity index (χ4n) is 2.51. The molecule has 1 aliphatic rings. The molecule has 0 aromatic heterocycles. The van der Waals surface area contributed by atoms with Crippen LogP contribution in [0.25, 0.3) is 0 Å². The Kier molecular flexibility index (Phi) is 4.48. The van der Waals surface area contributed by atoms with Crippen molar-refractivity contribution < 1.29 is 4.74 Å². The van der Waals surface area contributed by atoms with Gasteiger partial charge in [0, 0.05) is 24.3 Å². The van der Waals surface area contributed by atoms with E-state index in [2.05, 4.69) is 11.8 Å². The molecule has 1 fully saturated rings. The summed E-state index contributed by atoms with van der Waals surface area (Å²) in [7, 11) is 1.72. The minimum Gasteiger partial charge on any atom is -0.496 e. The molecule has 3 nitrogen and oxygen atoms in total. The van der Waals surface area contributed by atoms with Crippen molar-refractivity contribution in [3.05, 3.63) is 23.8 Å². The molecule has 0 amide bonds. The van der Waals surface area contributed by atoms with E-state index < -0.39 is 0 Å². The number of benzene rings is 1. The van der Waals surface area contributed by atoms with Crippen molar-refractivity contribution >= 4 is 5.69 Å². The summed E-state index contributed by atoms with van der Waals surface area (Å²) in [5.74, 6) is 1.84. The molecule has 2 N–H and O–H groups in total. The summed E-state index contributed by atoms with van der Waals surface area (Å²) < 4.78 is 5.41. The Bertz CT molecular complexity index is 388. The monoisotopic (exact) mass is 248 g/mol. The fourth-order valence-corrected chi connectivity index (χ4v) is 2.51. The van der Waals surface area contributed by atoms with Gasteiger partial charge < -0.3 is 10.5 Å². The van der Waals surface area contributed by atoms with Crippen LogP contribution in [0.15, 0.2) is 18.2 Å². The molecule has 0 heterocycles. The lowest BCUT2D eigenvalue weighted by molar-refractivity contribution is 0.177. The van der Waals surface area contributed by atoms with Crippen LogP contribution in [-0.2, 0) is 6.54 Å².